The van der Waals surface area contributed by atoms with Crippen molar-refractivity contribution >= 4 is 39.7 Å². The molecular formula is C26H27N7O2. The number of carbonyl (C=O) groups excluding carboxylic acids is 1. The molecule has 0 atom stereocenters. The highest BCUT2D eigenvalue weighted by molar-refractivity contribution is 6.03. The fourth-order valence-electron chi connectivity index (χ4n) is 4.05. The molecule has 0 fully saturated rings. The van der Waals surface area contributed by atoms with Crippen LogP contribution in [0.4, 0.5) is 11.5 Å². The summed E-state index contributed by atoms with van der Waals surface area (Å²) < 4.78 is 7.93. The van der Waals surface area contributed by atoms with Crippen LogP contribution < -0.4 is 15.5 Å². The summed E-state index contributed by atoms with van der Waals surface area (Å²) in [5, 5.41) is 6.07. The predicted octanol–water partition coefficient (Wildman–Crippen LogP) is 3.74. The van der Waals surface area contributed by atoms with Crippen molar-refractivity contribution in [1.82, 2.24) is 24.8 Å². The number of hydrogen-bond acceptors (Lipinski definition) is 7. The molecule has 5 rings (SSSR count). The lowest BCUT2D eigenvalue weighted by molar-refractivity contribution is -0.120. The molecule has 3 heterocycles. The molecule has 5 aromatic rings. The highest BCUT2D eigenvalue weighted by atomic mass is 16.4. The standard InChI is InChI=1S/C26H27N7O2/c1-27-24-21-23(33(4)15-29-21)22-26(31-24)35-25(30-22)18-7-5-6-17(12-18)14-28-20(34)13-16-8-10-19(11-9-16)32(2)3/h5-12,15H,13-14H2,1-4H3,(H,27,31)(H,28,34). The summed E-state index contributed by atoms with van der Waals surface area (Å²) in [7, 11) is 7.71. The van der Waals surface area contributed by atoms with E-state index >= 15 is 0 Å². The number of aromatic nitrogens is 4. The lowest BCUT2D eigenvalue weighted by Gasteiger charge is -2.12. The van der Waals surface area contributed by atoms with Gasteiger partial charge < -0.3 is 24.5 Å². The van der Waals surface area contributed by atoms with Gasteiger partial charge in [0.05, 0.1) is 12.7 Å². The molecule has 0 aliphatic heterocycles. The van der Waals surface area contributed by atoms with E-state index in [1.807, 2.05) is 79.1 Å². The molecule has 0 bridgehead atoms. The Kier molecular flexibility index (Phi) is 5.82. The number of rotatable bonds is 7. The largest absolute Gasteiger partial charge is 0.418 e. The van der Waals surface area contributed by atoms with E-state index in [1.54, 1.807) is 13.4 Å². The fourth-order valence-corrected chi connectivity index (χ4v) is 4.05. The van der Waals surface area contributed by atoms with Gasteiger partial charge in [-0.25, -0.2) is 9.97 Å². The van der Waals surface area contributed by atoms with Crippen molar-refractivity contribution in [3.05, 3.63) is 66.0 Å². The second-order valence-electron chi connectivity index (χ2n) is 8.65. The molecular weight excluding hydrogens is 442 g/mol. The first-order valence-corrected chi connectivity index (χ1v) is 11.3. The molecule has 0 spiro atoms. The average Bonchev–Trinajstić information content (AvgIpc) is 3.46. The third kappa shape index (κ3) is 4.40. The number of pyridine rings is 1. The number of carbonyl (C=O) groups is 1. The predicted molar refractivity (Wildman–Crippen MR) is 137 cm³/mol. The number of hydrogen-bond donors (Lipinski definition) is 2. The molecule has 0 saturated heterocycles. The molecule has 1 amide bonds. The smallest absolute Gasteiger partial charge is 0.251 e. The van der Waals surface area contributed by atoms with E-state index in [4.69, 9.17) is 9.40 Å². The Labute approximate surface area is 202 Å². The first-order valence-electron chi connectivity index (χ1n) is 11.3. The number of anilines is 2. The zero-order chi connectivity index (χ0) is 24.5. The van der Waals surface area contributed by atoms with E-state index < -0.39 is 0 Å². The van der Waals surface area contributed by atoms with Crippen LogP contribution in [0.5, 0.6) is 0 Å². The first-order chi connectivity index (χ1) is 16.9. The van der Waals surface area contributed by atoms with Crippen LogP contribution in [0.15, 0.2) is 59.3 Å². The third-order valence-electron chi connectivity index (χ3n) is 5.93. The van der Waals surface area contributed by atoms with Gasteiger partial charge in [-0.3, -0.25) is 4.79 Å². The molecule has 3 aromatic heterocycles. The quantitative estimate of drug-likeness (QED) is 0.374. The normalized spacial score (nSPS) is 11.2. The van der Waals surface area contributed by atoms with Crippen molar-refractivity contribution in [3.63, 3.8) is 0 Å². The van der Waals surface area contributed by atoms with E-state index in [0.717, 1.165) is 33.4 Å². The second-order valence-corrected chi connectivity index (χ2v) is 8.65. The van der Waals surface area contributed by atoms with E-state index in [9.17, 15) is 4.79 Å². The Bertz CT molecular complexity index is 1520. The van der Waals surface area contributed by atoms with Gasteiger partial charge in [0.1, 0.15) is 11.0 Å². The van der Waals surface area contributed by atoms with Gasteiger partial charge >= 0.3 is 0 Å². The first kappa shape index (κ1) is 22.4. The van der Waals surface area contributed by atoms with E-state index in [2.05, 4.69) is 20.6 Å². The van der Waals surface area contributed by atoms with Gasteiger partial charge in [0.2, 0.25) is 11.8 Å². The lowest BCUT2D eigenvalue weighted by Crippen LogP contribution is -2.24. The van der Waals surface area contributed by atoms with Gasteiger partial charge in [0.25, 0.3) is 5.71 Å². The van der Waals surface area contributed by atoms with Gasteiger partial charge in [-0.05, 0) is 35.4 Å². The minimum Gasteiger partial charge on any atom is -0.418 e. The molecule has 0 saturated carbocycles. The Morgan fingerprint density at radius 3 is 2.60 bits per heavy atom. The highest BCUT2D eigenvalue weighted by Crippen LogP contribution is 2.31. The van der Waals surface area contributed by atoms with Crippen molar-refractivity contribution in [2.24, 2.45) is 7.05 Å². The Balaban J connectivity index is 1.33. The maximum atomic E-state index is 12.5. The van der Waals surface area contributed by atoms with Crippen molar-refractivity contribution in [2.75, 3.05) is 31.4 Å². The maximum absolute atomic E-state index is 12.5. The second kappa shape index (κ2) is 9.09. The molecule has 0 aliphatic carbocycles. The number of imidazole rings is 1. The van der Waals surface area contributed by atoms with Crippen LogP contribution in [0.1, 0.15) is 11.1 Å². The number of amides is 1. The minimum atomic E-state index is -0.0303. The zero-order valence-corrected chi connectivity index (χ0v) is 20.2. The number of benzene rings is 2. The summed E-state index contributed by atoms with van der Waals surface area (Å²) in [5.74, 6) is 1.08. The van der Waals surface area contributed by atoms with E-state index in [1.165, 1.54) is 0 Å². The van der Waals surface area contributed by atoms with Gasteiger partial charge in [0, 0.05) is 46.0 Å². The van der Waals surface area contributed by atoms with Gasteiger partial charge in [-0.15, -0.1) is 0 Å². The summed E-state index contributed by atoms with van der Waals surface area (Å²) in [6.07, 6.45) is 2.07. The minimum absolute atomic E-state index is 0.0303. The molecule has 0 unspecified atom stereocenters. The summed E-state index contributed by atoms with van der Waals surface area (Å²) in [5.41, 5.74) is 6.56. The van der Waals surface area contributed by atoms with Crippen molar-refractivity contribution in [1.29, 1.82) is 0 Å². The van der Waals surface area contributed by atoms with Crippen LogP contribution in [-0.2, 0) is 24.8 Å². The fraction of sp³-hybridized carbons (Fsp3) is 0.231. The Morgan fingerprint density at radius 2 is 1.86 bits per heavy atom. The number of aryl methyl sites for hydroxylation is 1. The number of nitrogens with one attached hydrogen (secondary N) is 2. The van der Waals surface area contributed by atoms with Gasteiger partial charge in [0.15, 0.2) is 11.3 Å². The van der Waals surface area contributed by atoms with E-state index in [0.29, 0.717) is 35.9 Å². The molecule has 0 aliphatic rings. The zero-order valence-electron chi connectivity index (χ0n) is 20.2. The van der Waals surface area contributed by atoms with Crippen LogP contribution in [0, 0.1) is 0 Å². The number of fused-ring (bicyclic) bond motifs is 3. The molecule has 35 heavy (non-hydrogen) atoms. The topological polar surface area (TPSA) is 101 Å². The molecule has 0 radical (unpaired) electrons. The maximum Gasteiger partial charge on any atom is 0.251 e. The lowest BCUT2D eigenvalue weighted by atomic mass is 10.1. The number of oxazole rings is 1. The molecule has 9 heteroatoms. The Morgan fingerprint density at radius 1 is 1.06 bits per heavy atom. The van der Waals surface area contributed by atoms with E-state index in [-0.39, 0.29) is 5.91 Å². The van der Waals surface area contributed by atoms with Crippen LogP contribution in [-0.4, -0.2) is 46.6 Å². The van der Waals surface area contributed by atoms with Crippen LogP contribution in [0.3, 0.4) is 0 Å². The van der Waals surface area contributed by atoms with Crippen molar-refractivity contribution < 1.29 is 9.21 Å². The summed E-state index contributed by atoms with van der Waals surface area (Å²) in [6, 6.07) is 15.8. The monoisotopic (exact) mass is 469 g/mol. The molecule has 178 valence electrons. The summed E-state index contributed by atoms with van der Waals surface area (Å²) >= 11 is 0. The molecule has 2 aromatic carbocycles. The van der Waals surface area contributed by atoms with Gasteiger partial charge in [-0.2, -0.15) is 4.98 Å². The van der Waals surface area contributed by atoms with Crippen LogP contribution in [0.2, 0.25) is 0 Å². The molecule has 9 nitrogen and oxygen atoms in total. The van der Waals surface area contributed by atoms with Crippen molar-refractivity contribution in [3.8, 4) is 11.5 Å². The highest BCUT2D eigenvalue weighted by Gasteiger charge is 2.18. The van der Waals surface area contributed by atoms with Crippen LogP contribution in [0.25, 0.3) is 33.7 Å². The average molecular weight is 470 g/mol. The summed E-state index contributed by atoms with van der Waals surface area (Å²) in [6.45, 7) is 0.414. The van der Waals surface area contributed by atoms with Gasteiger partial charge in [-0.1, -0.05) is 24.3 Å². The molecule has 2 N–H and O–H groups in total. The number of nitrogens with zero attached hydrogens (tertiary/aromatic N) is 5. The third-order valence-corrected chi connectivity index (χ3v) is 5.93. The summed E-state index contributed by atoms with van der Waals surface area (Å²) in [4.78, 5) is 28.2. The SMILES string of the molecule is CNc1nc2oc(-c3cccc(CNC(=O)Cc4ccc(N(C)C)cc4)c3)nc2c2c1ncn2C. The van der Waals surface area contributed by atoms with Crippen molar-refractivity contribution in [2.45, 2.75) is 13.0 Å². The van der Waals surface area contributed by atoms with Crippen LogP contribution >= 0.6 is 0 Å². The Hall–Kier alpha value is -4.40.